The normalized spacial score (nSPS) is 17.3. The van der Waals surface area contributed by atoms with E-state index in [0.717, 1.165) is 53.9 Å². The molecule has 37 heavy (non-hydrogen) atoms. The van der Waals surface area contributed by atoms with Gasteiger partial charge in [-0.1, -0.05) is 103 Å². The zero-order chi connectivity index (χ0) is 25.7. The molecule has 0 aliphatic carbocycles. The first kappa shape index (κ1) is 25.7. The molecule has 0 amide bonds. The van der Waals surface area contributed by atoms with Crippen molar-refractivity contribution in [1.82, 2.24) is 4.90 Å². The van der Waals surface area contributed by atoms with Gasteiger partial charge in [-0.25, -0.2) is 0 Å². The molecule has 1 unspecified atom stereocenters. The molecule has 0 aromatic heterocycles. The third kappa shape index (κ3) is 5.81. The van der Waals surface area contributed by atoms with Crippen molar-refractivity contribution in [2.75, 3.05) is 19.6 Å². The largest absolute Gasteiger partial charge is 0.385 e. The maximum absolute atomic E-state index is 12.1. The molecule has 1 saturated heterocycles. The third-order valence-corrected chi connectivity index (χ3v) is 8.03. The molecule has 0 radical (unpaired) electrons. The van der Waals surface area contributed by atoms with E-state index in [-0.39, 0.29) is 0 Å². The highest BCUT2D eigenvalue weighted by Crippen LogP contribution is 2.37. The molecule has 1 aliphatic heterocycles. The van der Waals surface area contributed by atoms with Gasteiger partial charge in [0.1, 0.15) is 5.60 Å². The Balaban J connectivity index is 1.28. The van der Waals surface area contributed by atoms with Gasteiger partial charge in [-0.15, -0.1) is 0 Å². The molecular formula is C33H34ClNO2. The first-order valence-electron chi connectivity index (χ1n) is 13.1. The predicted octanol–water partition coefficient (Wildman–Crippen LogP) is 7.01. The number of benzene rings is 4. The Kier molecular flexibility index (Phi) is 7.78. The summed E-state index contributed by atoms with van der Waals surface area (Å²) in [6.45, 7) is 2.53. The maximum atomic E-state index is 12.1. The van der Waals surface area contributed by atoms with Crippen molar-refractivity contribution >= 4 is 11.6 Å². The minimum Gasteiger partial charge on any atom is -0.385 e. The van der Waals surface area contributed by atoms with Crippen LogP contribution in [0.2, 0.25) is 5.02 Å². The Morgan fingerprint density at radius 1 is 0.730 bits per heavy atom. The van der Waals surface area contributed by atoms with Gasteiger partial charge in [0.2, 0.25) is 0 Å². The Morgan fingerprint density at radius 2 is 1.32 bits per heavy atom. The average molecular weight is 512 g/mol. The van der Waals surface area contributed by atoms with Crippen LogP contribution in [0.25, 0.3) is 11.1 Å². The number of nitrogens with zero attached hydrogens (tertiary/aromatic N) is 1. The van der Waals surface area contributed by atoms with Crippen molar-refractivity contribution in [3.05, 3.63) is 131 Å². The van der Waals surface area contributed by atoms with Gasteiger partial charge >= 0.3 is 0 Å². The van der Waals surface area contributed by atoms with Crippen LogP contribution in [-0.4, -0.2) is 34.7 Å². The molecule has 5 rings (SSSR count). The van der Waals surface area contributed by atoms with E-state index in [1.165, 1.54) is 0 Å². The van der Waals surface area contributed by atoms with E-state index in [4.69, 9.17) is 11.6 Å². The Bertz CT molecular complexity index is 1280. The van der Waals surface area contributed by atoms with Crippen LogP contribution in [0.15, 0.2) is 109 Å². The summed E-state index contributed by atoms with van der Waals surface area (Å²) in [6.07, 6.45) is 2.85. The summed E-state index contributed by atoms with van der Waals surface area (Å²) in [5, 5.41) is 24.0. The van der Waals surface area contributed by atoms with E-state index >= 15 is 0 Å². The summed E-state index contributed by atoms with van der Waals surface area (Å²) < 4.78 is 0. The Labute approximate surface area is 225 Å². The van der Waals surface area contributed by atoms with Crippen LogP contribution in [0, 0.1) is 0 Å². The van der Waals surface area contributed by atoms with Crippen LogP contribution in [0.3, 0.4) is 0 Å². The van der Waals surface area contributed by atoms with Gasteiger partial charge in [-0.05, 0) is 78.2 Å². The molecule has 4 aromatic carbocycles. The topological polar surface area (TPSA) is 43.7 Å². The van der Waals surface area contributed by atoms with Gasteiger partial charge in [0, 0.05) is 18.1 Å². The monoisotopic (exact) mass is 511 g/mol. The average Bonchev–Trinajstić information content (AvgIpc) is 2.95. The lowest BCUT2D eigenvalue weighted by Gasteiger charge is -2.39. The second-order valence-corrected chi connectivity index (χ2v) is 10.6. The van der Waals surface area contributed by atoms with Gasteiger partial charge in [0.05, 0.1) is 5.60 Å². The number of hydrogen-bond acceptors (Lipinski definition) is 3. The molecule has 2 N–H and O–H groups in total. The minimum absolute atomic E-state index is 0.618. The van der Waals surface area contributed by atoms with Gasteiger partial charge in [-0.2, -0.15) is 0 Å². The molecule has 0 saturated carbocycles. The molecule has 1 heterocycles. The Hall–Kier alpha value is -2.95. The number of halogens is 1. The summed E-state index contributed by atoms with van der Waals surface area (Å²) in [5.41, 5.74) is 3.13. The lowest BCUT2D eigenvalue weighted by molar-refractivity contribution is -0.0275. The third-order valence-electron chi connectivity index (χ3n) is 7.78. The van der Waals surface area contributed by atoms with Crippen LogP contribution in [-0.2, 0) is 11.2 Å². The zero-order valence-electron chi connectivity index (χ0n) is 21.1. The van der Waals surface area contributed by atoms with Crippen molar-refractivity contribution in [1.29, 1.82) is 0 Å². The first-order chi connectivity index (χ1) is 18.0. The van der Waals surface area contributed by atoms with E-state index in [2.05, 4.69) is 29.2 Å². The van der Waals surface area contributed by atoms with Crippen LogP contribution in [0.4, 0.5) is 0 Å². The molecule has 0 spiro atoms. The van der Waals surface area contributed by atoms with Crippen molar-refractivity contribution < 1.29 is 10.2 Å². The molecule has 190 valence electrons. The fourth-order valence-electron chi connectivity index (χ4n) is 5.51. The number of piperidine rings is 1. The van der Waals surface area contributed by atoms with Crippen molar-refractivity contribution in [3.63, 3.8) is 0 Å². The minimum atomic E-state index is -1.08. The SMILES string of the molecule is OC1(c2ccc(Cl)cc2)CCN(CCCC(O)(c2ccccc2)c2cccc(-c3ccccc3)c2)CC1. The van der Waals surface area contributed by atoms with E-state index in [0.29, 0.717) is 24.3 Å². The van der Waals surface area contributed by atoms with E-state index in [9.17, 15) is 10.2 Å². The summed E-state index contributed by atoms with van der Waals surface area (Å²) in [5.74, 6) is 0. The van der Waals surface area contributed by atoms with Crippen LogP contribution < -0.4 is 0 Å². The summed E-state index contributed by atoms with van der Waals surface area (Å²) >= 11 is 6.03. The van der Waals surface area contributed by atoms with Gasteiger partial charge in [-0.3, -0.25) is 0 Å². The van der Waals surface area contributed by atoms with Crippen molar-refractivity contribution in [2.24, 2.45) is 0 Å². The standard InChI is InChI=1S/C33H34ClNO2/c34-31-17-15-28(16-18-31)32(36)20-23-35(24-21-32)22-8-19-33(37,29-12-5-2-6-13-29)30-14-7-11-27(25-30)26-9-3-1-4-10-26/h1-7,9-18,25,36-37H,8,19-24H2. The van der Waals surface area contributed by atoms with Gasteiger partial charge in [0.25, 0.3) is 0 Å². The smallest absolute Gasteiger partial charge is 0.115 e. The highest BCUT2D eigenvalue weighted by atomic mass is 35.5. The van der Waals surface area contributed by atoms with Gasteiger partial charge in [0.15, 0.2) is 0 Å². The number of likely N-dealkylation sites (tertiary alicyclic amines) is 1. The highest BCUT2D eigenvalue weighted by Gasteiger charge is 2.35. The fraction of sp³-hybridized carbons (Fsp3) is 0.273. The summed E-state index contributed by atoms with van der Waals surface area (Å²) in [4.78, 5) is 2.40. The van der Waals surface area contributed by atoms with E-state index < -0.39 is 11.2 Å². The van der Waals surface area contributed by atoms with Crippen LogP contribution >= 0.6 is 11.6 Å². The quantitative estimate of drug-likeness (QED) is 0.267. The molecule has 3 nitrogen and oxygen atoms in total. The zero-order valence-corrected chi connectivity index (χ0v) is 21.8. The molecular weight excluding hydrogens is 478 g/mol. The van der Waals surface area contributed by atoms with Crippen molar-refractivity contribution in [3.8, 4) is 11.1 Å². The van der Waals surface area contributed by atoms with E-state index in [1.54, 1.807) is 0 Å². The molecule has 0 bridgehead atoms. The number of hydrogen-bond donors (Lipinski definition) is 2. The van der Waals surface area contributed by atoms with Gasteiger partial charge < -0.3 is 15.1 Å². The number of aliphatic hydroxyl groups is 2. The first-order valence-corrected chi connectivity index (χ1v) is 13.5. The number of rotatable bonds is 8. The van der Waals surface area contributed by atoms with E-state index in [1.807, 2.05) is 84.9 Å². The van der Waals surface area contributed by atoms with Crippen molar-refractivity contribution in [2.45, 2.75) is 36.9 Å². The molecule has 1 atom stereocenters. The molecule has 4 heteroatoms. The molecule has 1 fully saturated rings. The maximum Gasteiger partial charge on any atom is 0.115 e. The fourth-order valence-corrected chi connectivity index (χ4v) is 5.64. The molecule has 4 aromatic rings. The Morgan fingerprint density at radius 3 is 2.00 bits per heavy atom. The summed E-state index contributed by atoms with van der Waals surface area (Å²) in [7, 11) is 0. The second kappa shape index (κ2) is 11.2. The summed E-state index contributed by atoms with van der Waals surface area (Å²) in [6, 6.07) is 36.1. The second-order valence-electron chi connectivity index (χ2n) is 10.2. The van der Waals surface area contributed by atoms with Crippen LogP contribution in [0.5, 0.6) is 0 Å². The van der Waals surface area contributed by atoms with Crippen LogP contribution in [0.1, 0.15) is 42.4 Å². The molecule has 1 aliphatic rings. The predicted molar refractivity (Wildman–Crippen MR) is 152 cm³/mol. The lowest BCUT2D eigenvalue weighted by atomic mass is 9.81. The lowest BCUT2D eigenvalue weighted by Crippen LogP contribution is -2.43. The highest BCUT2D eigenvalue weighted by molar-refractivity contribution is 6.30.